The van der Waals surface area contributed by atoms with E-state index in [1.165, 1.54) is 6.08 Å². The van der Waals surface area contributed by atoms with Crippen LogP contribution in [0, 0.1) is 34.0 Å². The lowest BCUT2D eigenvalue weighted by Gasteiger charge is -2.72. The zero-order valence-electron chi connectivity index (χ0n) is 19.5. The van der Waals surface area contributed by atoms with Crippen molar-refractivity contribution in [3.05, 3.63) is 54.4 Å². The van der Waals surface area contributed by atoms with E-state index in [0.29, 0.717) is 18.4 Å². The highest BCUT2D eigenvalue weighted by Gasteiger charge is 2.86. The van der Waals surface area contributed by atoms with Crippen molar-refractivity contribution in [3.63, 3.8) is 0 Å². The van der Waals surface area contributed by atoms with E-state index in [-0.39, 0.29) is 29.6 Å². The smallest absolute Gasteiger partial charge is 0.331 e. The molecule has 1 aromatic heterocycles. The van der Waals surface area contributed by atoms with E-state index in [1.807, 2.05) is 12.1 Å². The molecule has 7 rings (SSSR count). The molecule has 6 aliphatic rings. The van der Waals surface area contributed by atoms with Crippen LogP contribution in [0.4, 0.5) is 0 Å². The third kappa shape index (κ3) is 2.38. The van der Waals surface area contributed by atoms with Gasteiger partial charge in [0.15, 0.2) is 5.78 Å². The van der Waals surface area contributed by atoms with Gasteiger partial charge < -0.3 is 24.7 Å². The molecule has 4 bridgehead atoms. The molecule has 8 atom stereocenters. The van der Waals surface area contributed by atoms with Crippen molar-refractivity contribution in [1.82, 2.24) is 4.98 Å². The number of H-pyrrole nitrogens is 1. The largest absolute Gasteiger partial charge is 0.457 e. The molecule has 34 heavy (non-hydrogen) atoms. The van der Waals surface area contributed by atoms with Crippen LogP contribution in [0.25, 0.3) is 6.08 Å². The average Bonchev–Trinajstić information content (AvgIpc) is 3.34. The van der Waals surface area contributed by atoms with E-state index in [2.05, 4.69) is 37.6 Å². The molecule has 0 radical (unpaired) electrons. The highest BCUT2D eigenvalue weighted by molar-refractivity contribution is 6.05. The van der Waals surface area contributed by atoms with Gasteiger partial charge in [0, 0.05) is 35.2 Å². The molecule has 7 nitrogen and oxygen atoms in total. The number of allylic oxidation sites excluding steroid dienone is 1. The number of aromatic nitrogens is 1. The maximum atomic E-state index is 14.0. The van der Waals surface area contributed by atoms with E-state index in [4.69, 9.17) is 9.47 Å². The Morgan fingerprint density at radius 2 is 2.15 bits per heavy atom. The van der Waals surface area contributed by atoms with Crippen molar-refractivity contribution in [2.75, 3.05) is 6.61 Å². The van der Waals surface area contributed by atoms with Crippen LogP contribution in [0.3, 0.4) is 0 Å². The maximum Gasteiger partial charge on any atom is 0.331 e. The van der Waals surface area contributed by atoms with Gasteiger partial charge in [-0.05, 0) is 54.4 Å². The van der Waals surface area contributed by atoms with Gasteiger partial charge in [-0.3, -0.25) is 4.79 Å². The lowest BCUT2D eigenvalue weighted by molar-refractivity contribution is -0.436. The van der Waals surface area contributed by atoms with Gasteiger partial charge in [-0.25, -0.2) is 4.79 Å². The zero-order valence-corrected chi connectivity index (χ0v) is 19.5. The predicted octanol–water partition coefficient (Wildman–Crippen LogP) is 2.77. The molecular formula is C27H31NO6. The number of nitrogens with one attached hydrogen (secondary N) is 1. The Morgan fingerprint density at radius 1 is 1.35 bits per heavy atom. The normalized spacial score (nSPS) is 45.9. The Labute approximate surface area is 198 Å². The molecule has 3 saturated carbocycles. The molecule has 2 saturated heterocycles. The minimum absolute atomic E-state index is 0.218. The van der Waals surface area contributed by atoms with Crippen LogP contribution in [-0.4, -0.2) is 51.6 Å². The van der Waals surface area contributed by atoms with Crippen LogP contribution in [0.15, 0.2) is 48.7 Å². The van der Waals surface area contributed by atoms with Gasteiger partial charge in [0.1, 0.15) is 17.6 Å². The molecule has 7 heteroatoms. The number of hydrogen-bond donors (Lipinski definition) is 3. The first kappa shape index (κ1) is 22.0. The van der Waals surface area contributed by atoms with E-state index >= 15 is 0 Å². The van der Waals surface area contributed by atoms with Crippen molar-refractivity contribution in [3.8, 4) is 0 Å². The van der Waals surface area contributed by atoms with Crippen LogP contribution in [-0.2, 0) is 19.1 Å². The number of aliphatic hydroxyl groups excluding tert-OH is 1. The van der Waals surface area contributed by atoms with Gasteiger partial charge in [0.05, 0.1) is 6.61 Å². The van der Waals surface area contributed by atoms with Crippen LogP contribution in [0.5, 0.6) is 0 Å². The summed E-state index contributed by atoms with van der Waals surface area (Å²) in [5, 5.41) is 23.8. The summed E-state index contributed by atoms with van der Waals surface area (Å²) in [6.07, 6.45) is 8.66. The standard InChI is InChI=1S/C27H31NO6/c1-15-17-8-9-18-25-12-5-11-24(2,3)20(25)22(31)27(32,33-14-25)26(18,21(15)30)23(17)34-19(29)10-7-16-6-4-13-28-16/h4-7,10,12-13,17-18,20,22-23,28,31-32H,1,8-9,11,14H2,2-3H3/b10-7+/t17-,18-,20+,22-,23+,25+,26-,27+/m0/s1. The number of aromatic amines is 1. The number of rotatable bonds is 3. The highest BCUT2D eigenvalue weighted by Crippen LogP contribution is 2.75. The number of carbonyl (C=O) groups is 2. The van der Waals surface area contributed by atoms with Crippen molar-refractivity contribution in [2.45, 2.75) is 51.1 Å². The summed E-state index contributed by atoms with van der Waals surface area (Å²) in [6, 6.07) is 3.64. The molecule has 0 amide bonds. The number of fused-ring (bicyclic) bond motifs is 2. The number of hydrogen-bond acceptors (Lipinski definition) is 6. The third-order valence-electron chi connectivity index (χ3n) is 9.50. The number of ketones is 1. The summed E-state index contributed by atoms with van der Waals surface area (Å²) in [5.41, 5.74) is -1.44. The van der Waals surface area contributed by atoms with Crippen LogP contribution >= 0.6 is 0 Å². The minimum atomic E-state index is -2.16. The van der Waals surface area contributed by atoms with Crippen molar-refractivity contribution in [1.29, 1.82) is 0 Å². The Morgan fingerprint density at radius 3 is 2.88 bits per heavy atom. The fourth-order valence-electron chi connectivity index (χ4n) is 8.32. The Kier molecular flexibility index (Phi) is 4.41. The van der Waals surface area contributed by atoms with E-state index in [0.717, 1.165) is 12.1 Å². The van der Waals surface area contributed by atoms with Crippen molar-refractivity contribution < 1.29 is 29.3 Å². The molecule has 0 aromatic carbocycles. The fraction of sp³-hybridized carbons (Fsp3) is 0.556. The summed E-state index contributed by atoms with van der Waals surface area (Å²) in [5.74, 6) is -4.16. The summed E-state index contributed by atoms with van der Waals surface area (Å²) >= 11 is 0. The lowest BCUT2D eigenvalue weighted by atomic mass is 9.37. The topological polar surface area (TPSA) is 109 Å². The second-order valence-corrected chi connectivity index (χ2v) is 11.4. The monoisotopic (exact) mass is 465 g/mol. The summed E-state index contributed by atoms with van der Waals surface area (Å²) < 4.78 is 12.0. The molecule has 3 N–H and O–H groups in total. The SMILES string of the molecule is C=C1C(=O)[C@]23[C@H](OC(=O)/C=C/c4ccc[nH]4)[C@H]1CC[C@H]2[C@]12C=CCC(C)(C)[C@H]1[C@H](O)[C@@]3(O)OC2. The second kappa shape index (κ2) is 6.80. The van der Waals surface area contributed by atoms with E-state index < -0.39 is 40.7 Å². The first-order valence-corrected chi connectivity index (χ1v) is 12.1. The first-order valence-electron chi connectivity index (χ1n) is 12.1. The molecule has 0 unspecified atom stereocenters. The predicted molar refractivity (Wildman–Crippen MR) is 123 cm³/mol. The number of esters is 1. The van der Waals surface area contributed by atoms with Crippen LogP contribution < -0.4 is 0 Å². The zero-order chi connectivity index (χ0) is 24.1. The van der Waals surface area contributed by atoms with Crippen molar-refractivity contribution >= 4 is 17.8 Å². The first-order chi connectivity index (χ1) is 16.1. The van der Waals surface area contributed by atoms with Gasteiger partial charge in [-0.2, -0.15) is 0 Å². The number of carbonyl (C=O) groups excluding carboxylic acids is 2. The molecule has 180 valence electrons. The fourth-order valence-corrected chi connectivity index (χ4v) is 8.32. The number of Topliss-reactive ketones (excluding diaryl/α,β-unsaturated/α-hetero) is 1. The van der Waals surface area contributed by atoms with Crippen molar-refractivity contribution in [2.24, 2.45) is 34.0 Å². The molecule has 4 aliphatic carbocycles. The van der Waals surface area contributed by atoms with E-state index in [9.17, 15) is 19.8 Å². The Hall–Kier alpha value is -2.48. The van der Waals surface area contributed by atoms with Gasteiger partial charge in [-0.1, -0.05) is 32.6 Å². The van der Waals surface area contributed by atoms with Gasteiger partial charge in [0.2, 0.25) is 5.79 Å². The van der Waals surface area contributed by atoms with Gasteiger partial charge >= 0.3 is 5.97 Å². The minimum Gasteiger partial charge on any atom is -0.457 e. The molecule has 5 fully saturated rings. The maximum absolute atomic E-state index is 14.0. The van der Waals surface area contributed by atoms with Crippen LogP contribution in [0.2, 0.25) is 0 Å². The lowest BCUT2D eigenvalue weighted by Crippen LogP contribution is -2.83. The van der Waals surface area contributed by atoms with Gasteiger partial charge in [-0.15, -0.1) is 0 Å². The van der Waals surface area contributed by atoms with Crippen LogP contribution in [0.1, 0.15) is 38.8 Å². The quantitative estimate of drug-likeness (QED) is 0.360. The Balaban J connectivity index is 1.47. The number of ether oxygens (including phenoxy) is 2. The Bertz CT molecular complexity index is 1130. The molecule has 2 spiro atoms. The molecule has 3 heterocycles. The highest BCUT2D eigenvalue weighted by atomic mass is 16.6. The molecule has 2 aliphatic heterocycles. The average molecular weight is 466 g/mol. The third-order valence-corrected chi connectivity index (χ3v) is 9.50. The summed E-state index contributed by atoms with van der Waals surface area (Å²) in [6.45, 7) is 8.45. The summed E-state index contributed by atoms with van der Waals surface area (Å²) in [4.78, 5) is 29.9. The summed E-state index contributed by atoms with van der Waals surface area (Å²) in [7, 11) is 0. The van der Waals surface area contributed by atoms with E-state index in [1.54, 1.807) is 12.3 Å². The van der Waals surface area contributed by atoms with Gasteiger partial charge in [0.25, 0.3) is 0 Å². The molecular weight excluding hydrogens is 434 g/mol. The second-order valence-electron chi connectivity index (χ2n) is 11.4. The molecule has 1 aromatic rings. The number of aliphatic hydroxyl groups is 2.